The van der Waals surface area contributed by atoms with Gasteiger partial charge in [0.25, 0.3) is 0 Å². The molecule has 1 aromatic carbocycles. The molecule has 0 spiro atoms. The lowest BCUT2D eigenvalue weighted by atomic mass is 9.89. The molecule has 0 amide bonds. The van der Waals surface area contributed by atoms with Gasteiger partial charge in [0.1, 0.15) is 0 Å². The molecule has 0 aliphatic carbocycles. The average Bonchev–Trinajstić information content (AvgIpc) is 2.35. The van der Waals surface area contributed by atoms with Crippen molar-refractivity contribution in [3.05, 3.63) is 28.8 Å². The van der Waals surface area contributed by atoms with Crippen molar-refractivity contribution in [2.24, 2.45) is 0 Å². The summed E-state index contributed by atoms with van der Waals surface area (Å²) in [5.41, 5.74) is 3.61. The van der Waals surface area contributed by atoms with Crippen LogP contribution in [0.3, 0.4) is 0 Å². The van der Waals surface area contributed by atoms with E-state index in [9.17, 15) is 4.21 Å². The Morgan fingerprint density at radius 2 is 1.32 bits per heavy atom. The lowest BCUT2D eigenvalue weighted by Crippen LogP contribution is -2.09. The summed E-state index contributed by atoms with van der Waals surface area (Å²) in [6.07, 6.45) is 0. The first-order valence-corrected chi connectivity index (χ1v) is 8.01. The summed E-state index contributed by atoms with van der Waals surface area (Å²) in [7, 11) is 1.50. The van der Waals surface area contributed by atoms with E-state index in [4.69, 9.17) is 4.18 Å². The van der Waals surface area contributed by atoms with Crippen LogP contribution >= 0.6 is 0 Å². The third-order valence-corrected chi connectivity index (χ3v) is 4.50. The van der Waals surface area contributed by atoms with Gasteiger partial charge >= 0.3 is 0 Å². The van der Waals surface area contributed by atoms with Crippen LogP contribution in [0.5, 0.6) is 0 Å². The lowest BCUT2D eigenvalue weighted by molar-refractivity contribution is 0.443. The van der Waals surface area contributed by atoms with Crippen molar-refractivity contribution < 1.29 is 8.39 Å². The predicted octanol–water partition coefficient (Wildman–Crippen LogP) is 4.73. The Balaban J connectivity index is 3.60. The minimum absolute atomic E-state index is 0.338. The molecule has 2 nitrogen and oxygen atoms in total. The third kappa shape index (κ3) is 3.67. The molecule has 1 rings (SSSR count). The van der Waals surface area contributed by atoms with Gasteiger partial charge in [-0.15, -0.1) is 0 Å². The summed E-state index contributed by atoms with van der Waals surface area (Å²) in [5.74, 6) is 1.15. The Morgan fingerprint density at radius 1 is 0.895 bits per heavy atom. The van der Waals surface area contributed by atoms with Gasteiger partial charge in [-0.05, 0) is 34.4 Å². The van der Waals surface area contributed by atoms with E-state index >= 15 is 0 Å². The summed E-state index contributed by atoms with van der Waals surface area (Å²) in [4.78, 5) is 0.872. The molecule has 0 aliphatic heterocycles. The van der Waals surface area contributed by atoms with Gasteiger partial charge in [0.2, 0.25) is 0 Å². The van der Waals surface area contributed by atoms with Crippen LogP contribution in [-0.2, 0) is 15.3 Å². The molecule has 0 aliphatic rings. The van der Waals surface area contributed by atoms with Gasteiger partial charge in [-0.3, -0.25) is 4.18 Å². The Labute approximate surface area is 120 Å². The zero-order valence-electron chi connectivity index (χ0n) is 13.1. The van der Waals surface area contributed by atoms with Crippen LogP contribution in [-0.4, -0.2) is 11.3 Å². The van der Waals surface area contributed by atoms with Crippen molar-refractivity contribution in [1.29, 1.82) is 0 Å². The molecule has 0 saturated carbocycles. The molecule has 0 saturated heterocycles. The minimum atomic E-state index is -1.38. The highest BCUT2D eigenvalue weighted by atomic mass is 32.2. The van der Waals surface area contributed by atoms with Crippen LogP contribution in [0.1, 0.15) is 76.0 Å². The monoisotopic (exact) mass is 282 g/mol. The maximum absolute atomic E-state index is 12.2. The SMILES string of the molecule is COS(=O)c1c(C(C)C)cc(C(C)C)cc1C(C)C. The van der Waals surface area contributed by atoms with Gasteiger partial charge in [0.15, 0.2) is 11.1 Å². The van der Waals surface area contributed by atoms with E-state index in [1.807, 2.05) is 0 Å². The number of rotatable bonds is 5. The fourth-order valence-electron chi connectivity index (χ4n) is 2.17. The molecule has 0 N–H and O–H groups in total. The van der Waals surface area contributed by atoms with Crippen molar-refractivity contribution in [3.8, 4) is 0 Å². The molecule has 0 radical (unpaired) electrons. The largest absolute Gasteiger partial charge is 0.290 e. The molecule has 1 aromatic rings. The molecule has 1 atom stereocenters. The number of hydrogen-bond acceptors (Lipinski definition) is 2. The Bertz CT molecular complexity index is 433. The van der Waals surface area contributed by atoms with Crippen LogP contribution < -0.4 is 0 Å². The molecule has 1 unspecified atom stereocenters. The Kier molecular flexibility index (Phi) is 5.75. The normalized spacial score (nSPS) is 13.6. The van der Waals surface area contributed by atoms with Crippen LogP contribution in [0.2, 0.25) is 0 Å². The van der Waals surface area contributed by atoms with Crippen LogP contribution in [0, 0.1) is 0 Å². The second-order valence-corrected chi connectivity index (χ2v) is 7.10. The molecular formula is C16H26O2S. The Hall–Kier alpha value is -0.670. The maximum Gasteiger partial charge on any atom is 0.189 e. The zero-order chi connectivity index (χ0) is 14.7. The summed E-state index contributed by atoms with van der Waals surface area (Å²) < 4.78 is 17.3. The smallest absolute Gasteiger partial charge is 0.189 e. The van der Waals surface area contributed by atoms with Crippen molar-refractivity contribution in [1.82, 2.24) is 0 Å². The van der Waals surface area contributed by atoms with Gasteiger partial charge in [-0.1, -0.05) is 53.7 Å². The van der Waals surface area contributed by atoms with Gasteiger partial charge in [-0.2, -0.15) is 0 Å². The molecule has 0 bridgehead atoms. The van der Waals surface area contributed by atoms with E-state index in [1.54, 1.807) is 0 Å². The molecule has 108 valence electrons. The highest BCUT2D eigenvalue weighted by molar-refractivity contribution is 7.80. The molecule has 0 aromatic heterocycles. The van der Waals surface area contributed by atoms with Crippen molar-refractivity contribution in [2.75, 3.05) is 7.11 Å². The highest BCUT2D eigenvalue weighted by Crippen LogP contribution is 2.34. The van der Waals surface area contributed by atoms with Gasteiger partial charge in [-0.25, -0.2) is 4.21 Å². The van der Waals surface area contributed by atoms with E-state index < -0.39 is 11.1 Å². The molecule has 0 heterocycles. The summed E-state index contributed by atoms with van der Waals surface area (Å²) in [6.45, 7) is 12.9. The van der Waals surface area contributed by atoms with Crippen molar-refractivity contribution in [2.45, 2.75) is 64.2 Å². The number of benzene rings is 1. The van der Waals surface area contributed by atoms with Crippen LogP contribution in [0.25, 0.3) is 0 Å². The quantitative estimate of drug-likeness (QED) is 0.780. The van der Waals surface area contributed by atoms with E-state index in [-0.39, 0.29) is 0 Å². The van der Waals surface area contributed by atoms with E-state index in [0.29, 0.717) is 17.8 Å². The van der Waals surface area contributed by atoms with E-state index in [0.717, 1.165) is 16.0 Å². The summed E-state index contributed by atoms with van der Waals surface area (Å²) >= 11 is -1.38. The lowest BCUT2D eigenvalue weighted by Gasteiger charge is -2.21. The fourth-order valence-corrected chi connectivity index (χ4v) is 3.31. The molecule has 3 heteroatoms. The van der Waals surface area contributed by atoms with Crippen LogP contribution in [0.4, 0.5) is 0 Å². The zero-order valence-corrected chi connectivity index (χ0v) is 13.9. The van der Waals surface area contributed by atoms with Crippen molar-refractivity contribution >= 4 is 11.1 Å². The first-order valence-electron chi connectivity index (χ1n) is 6.93. The summed E-state index contributed by atoms with van der Waals surface area (Å²) in [5, 5.41) is 0. The van der Waals surface area contributed by atoms with E-state index in [1.165, 1.54) is 12.7 Å². The average molecular weight is 282 g/mol. The van der Waals surface area contributed by atoms with Gasteiger partial charge in [0, 0.05) is 0 Å². The predicted molar refractivity (Wildman–Crippen MR) is 82.1 cm³/mol. The topological polar surface area (TPSA) is 26.3 Å². The molecular weight excluding hydrogens is 256 g/mol. The van der Waals surface area contributed by atoms with Gasteiger partial charge < -0.3 is 0 Å². The number of hydrogen-bond donors (Lipinski definition) is 0. The van der Waals surface area contributed by atoms with Crippen molar-refractivity contribution in [3.63, 3.8) is 0 Å². The van der Waals surface area contributed by atoms with Crippen LogP contribution in [0.15, 0.2) is 17.0 Å². The van der Waals surface area contributed by atoms with E-state index in [2.05, 4.69) is 53.7 Å². The molecule has 19 heavy (non-hydrogen) atoms. The maximum atomic E-state index is 12.2. The fraction of sp³-hybridized carbons (Fsp3) is 0.625. The standard InChI is InChI=1S/C16H26O2S/c1-10(2)13-8-14(11(3)4)16(19(17)18-7)15(9-13)12(5)6/h8-12H,1-7H3. The highest BCUT2D eigenvalue weighted by Gasteiger charge is 2.21. The van der Waals surface area contributed by atoms with Gasteiger partial charge in [0.05, 0.1) is 12.0 Å². The molecule has 0 fully saturated rings. The minimum Gasteiger partial charge on any atom is -0.290 e. The third-order valence-electron chi connectivity index (χ3n) is 3.40. The first kappa shape index (κ1) is 16.4. The second kappa shape index (κ2) is 6.67. The second-order valence-electron chi connectivity index (χ2n) is 5.89. The summed E-state index contributed by atoms with van der Waals surface area (Å²) in [6, 6.07) is 4.38. The first-order chi connectivity index (χ1) is 8.79. The Morgan fingerprint density at radius 3 is 1.58 bits per heavy atom.